The Morgan fingerprint density at radius 2 is 2.24 bits per heavy atom. The van der Waals surface area contributed by atoms with E-state index in [1.807, 2.05) is 0 Å². The zero-order valence-electron chi connectivity index (χ0n) is 9.54. The lowest BCUT2D eigenvalue weighted by Gasteiger charge is -2.12. The Morgan fingerprint density at radius 1 is 1.47 bits per heavy atom. The molecule has 1 amide bonds. The topological polar surface area (TPSA) is 42.0 Å². The molecule has 1 saturated carbocycles. The van der Waals surface area contributed by atoms with Crippen molar-refractivity contribution in [2.45, 2.75) is 32.2 Å². The number of aromatic nitrogens is 1. The van der Waals surface area contributed by atoms with Gasteiger partial charge >= 0.3 is 0 Å². The molecule has 0 aromatic carbocycles. The van der Waals surface area contributed by atoms with Gasteiger partial charge in [-0.15, -0.1) is 0 Å². The van der Waals surface area contributed by atoms with Crippen LogP contribution in [0.5, 0.6) is 0 Å². The van der Waals surface area contributed by atoms with E-state index in [0.717, 1.165) is 25.5 Å². The molecule has 1 aliphatic carbocycles. The van der Waals surface area contributed by atoms with Crippen molar-refractivity contribution < 1.29 is 13.6 Å². The summed E-state index contributed by atoms with van der Waals surface area (Å²) < 4.78 is 26.2. The average Bonchev–Trinajstić information content (AvgIpc) is 2.68. The first-order valence-electron chi connectivity index (χ1n) is 5.68. The van der Waals surface area contributed by atoms with Gasteiger partial charge in [0, 0.05) is 12.2 Å². The van der Waals surface area contributed by atoms with Crippen molar-refractivity contribution in [3.05, 3.63) is 29.6 Å². The van der Waals surface area contributed by atoms with E-state index in [0.29, 0.717) is 5.92 Å². The first-order valence-corrected chi connectivity index (χ1v) is 5.68. The molecule has 1 aliphatic rings. The van der Waals surface area contributed by atoms with Gasteiger partial charge in [0.15, 0.2) is 5.82 Å². The second-order valence-electron chi connectivity index (χ2n) is 4.55. The number of hydrogen-bond acceptors (Lipinski definition) is 2. The summed E-state index contributed by atoms with van der Waals surface area (Å²) >= 11 is 0. The molecule has 1 aromatic heterocycles. The molecule has 5 heteroatoms. The zero-order valence-corrected chi connectivity index (χ0v) is 9.54. The van der Waals surface area contributed by atoms with Crippen LogP contribution in [0.3, 0.4) is 0 Å². The van der Waals surface area contributed by atoms with Gasteiger partial charge in [0.05, 0.1) is 5.56 Å². The van der Waals surface area contributed by atoms with Crippen molar-refractivity contribution in [2.75, 3.05) is 0 Å². The van der Waals surface area contributed by atoms with Crippen LogP contribution in [-0.2, 0) is 0 Å². The minimum Gasteiger partial charge on any atom is -0.349 e. The molecular formula is C12H14F2N2O. The summed E-state index contributed by atoms with van der Waals surface area (Å²) in [5.74, 6) is -2.42. The molecule has 3 nitrogen and oxygen atoms in total. The predicted molar refractivity (Wildman–Crippen MR) is 58.4 cm³/mol. The fourth-order valence-electron chi connectivity index (χ4n) is 2.19. The fourth-order valence-corrected chi connectivity index (χ4v) is 2.19. The molecule has 1 heterocycles. The highest BCUT2D eigenvalue weighted by Gasteiger charge is 2.24. The Hall–Kier alpha value is -1.52. The Labute approximate surface area is 98.2 Å². The molecule has 1 fully saturated rings. The van der Waals surface area contributed by atoms with Gasteiger partial charge in [-0.2, -0.15) is 4.39 Å². The molecule has 0 spiro atoms. The van der Waals surface area contributed by atoms with Crippen LogP contribution in [0.1, 0.15) is 36.5 Å². The SMILES string of the molecule is CC1CCC(NC(=O)c2ccnc(F)c2F)C1. The minimum absolute atomic E-state index is 0.0631. The first-order chi connectivity index (χ1) is 8.08. The van der Waals surface area contributed by atoms with Gasteiger partial charge < -0.3 is 5.32 Å². The Bertz CT molecular complexity index is 437. The number of amides is 1. The number of carbonyl (C=O) groups is 1. The number of rotatable bonds is 2. The van der Waals surface area contributed by atoms with Crippen LogP contribution in [0.4, 0.5) is 8.78 Å². The van der Waals surface area contributed by atoms with Crippen molar-refractivity contribution >= 4 is 5.91 Å². The Morgan fingerprint density at radius 3 is 2.88 bits per heavy atom. The molecule has 2 unspecified atom stereocenters. The molecule has 2 atom stereocenters. The third-order valence-corrected chi connectivity index (χ3v) is 3.12. The van der Waals surface area contributed by atoms with Crippen LogP contribution in [0.15, 0.2) is 12.3 Å². The van der Waals surface area contributed by atoms with Gasteiger partial charge in [-0.25, -0.2) is 9.37 Å². The average molecular weight is 240 g/mol. The fraction of sp³-hybridized carbons (Fsp3) is 0.500. The van der Waals surface area contributed by atoms with Crippen molar-refractivity contribution in [1.82, 2.24) is 10.3 Å². The van der Waals surface area contributed by atoms with Crippen molar-refractivity contribution in [2.24, 2.45) is 5.92 Å². The standard InChI is InChI=1S/C12H14F2N2O/c1-7-2-3-8(6-7)16-12(17)9-4-5-15-11(14)10(9)13/h4-5,7-8H,2-3,6H2,1H3,(H,16,17). The Balaban J connectivity index is 2.07. The van der Waals surface area contributed by atoms with E-state index in [1.165, 1.54) is 6.07 Å². The lowest BCUT2D eigenvalue weighted by atomic mass is 10.1. The largest absolute Gasteiger partial charge is 0.349 e. The summed E-state index contributed by atoms with van der Waals surface area (Å²) in [5, 5.41) is 2.72. The smallest absolute Gasteiger partial charge is 0.254 e. The molecule has 17 heavy (non-hydrogen) atoms. The van der Waals surface area contributed by atoms with Crippen LogP contribution in [0.25, 0.3) is 0 Å². The maximum Gasteiger partial charge on any atom is 0.254 e. The quantitative estimate of drug-likeness (QED) is 0.806. The van der Waals surface area contributed by atoms with E-state index in [2.05, 4.69) is 17.2 Å². The van der Waals surface area contributed by atoms with Crippen LogP contribution in [0, 0.1) is 17.7 Å². The van der Waals surface area contributed by atoms with Gasteiger partial charge in [0.1, 0.15) is 0 Å². The summed E-state index contributed by atoms with van der Waals surface area (Å²) in [6, 6.07) is 1.25. The summed E-state index contributed by atoms with van der Waals surface area (Å²) in [6.07, 6.45) is 3.92. The number of carbonyl (C=O) groups excluding carboxylic acids is 1. The van der Waals surface area contributed by atoms with Crippen molar-refractivity contribution in [1.29, 1.82) is 0 Å². The van der Waals surface area contributed by atoms with E-state index in [4.69, 9.17) is 0 Å². The predicted octanol–water partition coefficient (Wildman–Crippen LogP) is 2.28. The second kappa shape index (κ2) is 4.77. The summed E-state index contributed by atoms with van der Waals surface area (Å²) in [4.78, 5) is 14.9. The Kier molecular flexibility index (Phi) is 3.36. The molecule has 0 radical (unpaired) electrons. The van der Waals surface area contributed by atoms with Gasteiger partial charge in [-0.3, -0.25) is 4.79 Å². The summed E-state index contributed by atoms with van der Waals surface area (Å²) in [5.41, 5.74) is -0.281. The maximum atomic E-state index is 13.3. The third-order valence-electron chi connectivity index (χ3n) is 3.12. The van der Waals surface area contributed by atoms with Crippen LogP contribution < -0.4 is 5.32 Å². The summed E-state index contributed by atoms with van der Waals surface area (Å²) in [6.45, 7) is 2.11. The van der Waals surface area contributed by atoms with Crippen LogP contribution >= 0.6 is 0 Å². The monoisotopic (exact) mass is 240 g/mol. The van der Waals surface area contributed by atoms with Gasteiger partial charge in [0.2, 0.25) is 5.95 Å². The van der Waals surface area contributed by atoms with Crippen molar-refractivity contribution in [3.8, 4) is 0 Å². The highest BCUT2D eigenvalue weighted by Crippen LogP contribution is 2.25. The van der Waals surface area contributed by atoms with Crippen LogP contribution in [0.2, 0.25) is 0 Å². The van der Waals surface area contributed by atoms with E-state index >= 15 is 0 Å². The number of pyridine rings is 1. The third kappa shape index (κ3) is 2.60. The molecule has 2 rings (SSSR count). The molecule has 0 aliphatic heterocycles. The maximum absolute atomic E-state index is 13.3. The lowest BCUT2D eigenvalue weighted by Crippen LogP contribution is -2.33. The molecule has 92 valence electrons. The molecule has 1 N–H and O–H groups in total. The molecule has 0 bridgehead atoms. The van der Waals surface area contributed by atoms with Gasteiger partial charge in [-0.1, -0.05) is 6.92 Å². The zero-order chi connectivity index (χ0) is 12.4. The molecular weight excluding hydrogens is 226 g/mol. The van der Waals surface area contributed by atoms with E-state index in [1.54, 1.807) is 0 Å². The number of nitrogens with zero attached hydrogens (tertiary/aromatic N) is 1. The minimum atomic E-state index is -1.24. The van der Waals surface area contributed by atoms with E-state index in [-0.39, 0.29) is 11.6 Å². The number of nitrogens with one attached hydrogen (secondary N) is 1. The van der Waals surface area contributed by atoms with E-state index < -0.39 is 17.7 Å². The normalized spacial score (nSPS) is 23.7. The van der Waals surface area contributed by atoms with Crippen molar-refractivity contribution in [3.63, 3.8) is 0 Å². The number of hydrogen-bond donors (Lipinski definition) is 1. The van der Waals surface area contributed by atoms with Crippen LogP contribution in [-0.4, -0.2) is 16.9 Å². The molecule has 1 aromatic rings. The van der Waals surface area contributed by atoms with Gasteiger partial charge in [0.25, 0.3) is 5.91 Å². The lowest BCUT2D eigenvalue weighted by molar-refractivity contribution is 0.0931. The second-order valence-corrected chi connectivity index (χ2v) is 4.55. The summed E-state index contributed by atoms with van der Waals surface area (Å²) in [7, 11) is 0. The molecule has 0 saturated heterocycles. The van der Waals surface area contributed by atoms with E-state index in [9.17, 15) is 13.6 Å². The highest BCUT2D eigenvalue weighted by atomic mass is 19.2. The highest BCUT2D eigenvalue weighted by molar-refractivity contribution is 5.94. The van der Waals surface area contributed by atoms with Gasteiger partial charge in [-0.05, 0) is 31.2 Å². The first kappa shape index (κ1) is 12.0. The number of halogens is 2.